The summed E-state index contributed by atoms with van der Waals surface area (Å²) in [5.74, 6) is 0. The predicted molar refractivity (Wildman–Crippen MR) is 235 cm³/mol. The van der Waals surface area contributed by atoms with Gasteiger partial charge in [0.25, 0.3) is 0 Å². The standard InChI is InChI=1S/C54H37N/c1-4-12-38(13-5-1)39-24-29-47(30-25-39)55(49-33-35-50(41-14-6-2-7-15-41)53(37-49)42-16-8-3-9-17-42)48-31-26-40(27-32-48)45-28-34-52-46(36-45)23-22-44-21-20-43-18-10-11-19-51(43)54(44)52/h1-37H. The van der Waals surface area contributed by atoms with Crippen molar-refractivity contribution >= 4 is 49.4 Å². The highest BCUT2D eigenvalue weighted by Crippen LogP contribution is 2.42. The Kier molecular flexibility index (Phi) is 8.24. The molecule has 0 aromatic heterocycles. The Labute approximate surface area is 322 Å². The lowest BCUT2D eigenvalue weighted by molar-refractivity contribution is 1.28. The van der Waals surface area contributed by atoms with Crippen molar-refractivity contribution in [3.8, 4) is 44.5 Å². The third-order valence-electron chi connectivity index (χ3n) is 10.8. The van der Waals surface area contributed by atoms with Gasteiger partial charge in [-0.05, 0) is 119 Å². The molecular weight excluding hydrogens is 663 g/mol. The largest absolute Gasteiger partial charge is 0.310 e. The maximum Gasteiger partial charge on any atom is 0.0468 e. The van der Waals surface area contributed by atoms with E-state index in [1.165, 1.54) is 76.8 Å². The molecule has 10 aromatic carbocycles. The Morgan fingerprint density at radius 3 is 1.35 bits per heavy atom. The van der Waals surface area contributed by atoms with Gasteiger partial charge in [0.1, 0.15) is 0 Å². The fraction of sp³-hybridized carbons (Fsp3) is 0. The molecule has 10 rings (SSSR count). The molecule has 55 heavy (non-hydrogen) atoms. The summed E-state index contributed by atoms with van der Waals surface area (Å²) in [4.78, 5) is 2.37. The van der Waals surface area contributed by atoms with Crippen LogP contribution in [0.15, 0.2) is 224 Å². The Bertz CT molecular complexity index is 2930. The van der Waals surface area contributed by atoms with Gasteiger partial charge in [0.05, 0.1) is 0 Å². The van der Waals surface area contributed by atoms with Crippen LogP contribution in [0.3, 0.4) is 0 Å². The molecule has 258 valence electrons. The summed E-state index contributed by atoms with van der Waals surface area (Å²) < 4.78 is 0. The van der Waals surface area contributed by atoms with Crippen molar-refractivity contribution < 1.29 is 0 Å². The van der Waals surface area contributed by atoms with E-state index in [4.69, 9.17) is 0 Å². The number of fused-ring (bicyclic) bond motifs is 5. The molecule has 0 saturated heterocycles. The molecule has 0 amide bonds. The molecule has 0 radical (unpaired) electrons. The first kappa shape index (κ1) is 32.4. The van der Waals surface area contributed by atoms with Crippen molar-refractivity contribution in [1.29, 1.82) is 0 Å². The van der Waals surface area contributed by atoms with E-state index in [1.807, 2.05) is 0 Å². The molecular formula is C54H37N. The van der Waals surface area contributed by atoms with Crippen LogP contribution in [0.2, 0.25) is 0 Å². The molecule has 1 nitrogen and oxygen atoms in total. The fourth-order valence-corrected chi connectivity index (χ4v) is 8.10. The zero-order chi connectivity index (χ0) is 36.6. The van der Waals surface area contributed by atoms with Crippen molar-refractivity contribution in [2.45, 2.75) is 0 Å². The normalized spacial score (nSPS) is 11.3. The highest BCUT2D eigenvalue weighted by molar-refractivity contribution is 6.20. The summed E-state index contributed by atoms with van der Waals surface area (Å²) in [5.41, 5.74) is 12.9. The van der Waals surface area contributed by atoms with Gasteiger partial charge in [0.2, 0.25) is 0 Å². The topological polar surface area (TPSA) is 3.24 Å². The summed E-state index contributed by atoms with van der Waals surface area (Å²) >= 11 is 0. The lowest BCUT2D eigenvalue weighted by atomic mass is 9.93. The van der Waals surface area contributed by atoms with Crippen LogP contribution in [0, 0.1) is 0 Å². The third kappa shape index (κ3) is 6.12. The smallest absolute Gasteiger partial charge is 0.0468 e. The highest BCUT2D eigenvalue weighted by atomic mass is 15.1. The van der Waals surface area contributed by atoms with Crippen molar-refractivity contribution in [2.24, 2.45) is 0 Å². The number of nitrogens with zero attached hydrogens (tertiary/aromatic N) is 1. The maximum atomic E-state index is 2.37. The van der Waals surface area contributed by atoms with Gasteiger partial charge >= 0.3 is 0 Å². The molecule has 0 atom stereocenters. The van der Waals surface area contributed by atoms with Gasteiger partial charge in [-0.3, -0.25) is 0 Å². The lowest BCUT2D eigenvalue weighted by Crippen LogP contribution is -2.10. The molecule has 0 spiro atoms. The van der Waals surface area contributed by atoms with Crippen LogP contribution in [0.5, 0.6) is 0 Å². The van der Waals surface area contributed by atoms with E-state index in [9.17, 15) is 0 Å². The number of hydrogen-bond acceptors (Lipinski definition) is 1. The van der Waals surface area contributed by atoms with Gasteiger partial charge in [-0.25, -0.2) is 0 Å². The number of hydrogen-bond donors (Lipinski definition) is 0. The SMILES string of the molecule is c1ccc(-c2ccc(N(c3ccc(-c4ccc5c(ccc6ccc7ccccc7c65)c4)cc3)c3ccc(-c4ccccc4)c(-c4ccccc4)c3)cc2)cc1. The van der Waals surface area contributed by atoms with Gasteiger partial charge in [-0.2, -0.15) is 0 Å². The zero-order valence-electron chi connectivity index (χ0n) is 30.3. The first-order chi connectivity index (χ1) is 27.3. The second-order valence-electron chi connectivity index (χ2n) is 14.1. The molecule has 0 aliphatic carbocycles. The van der Waals surface area contributed by atoms with Crippen LogP contribution in [0.4, 0.5) is 17.1 Å². The van der Waals surface area contributed by atoms with E-state index >= 15 is 0 Å². The van der Waals surface area contributed by atoms with Crippen molar-refractivity contribution in [2.75, 3.05) is 4.90 Å². The van der Waals surface area contributed by atoms with Crippen LogP contribution < -0.4 is 4.90 Å². The monoisotopic (exact) mass is 699 g/mol. The Morgan fingerprint density at radius 1 is 0.236 bits per heavy atom. The summed E-state index contributed by atoms with van der Waals surface area (Å²) in [7, 11) is 0. The second-order valence-corrected chi connectivity index (χ2v) is 14.1. The summed E-state index contributed by atoms with van der Waals surface area (Å²) in [5, 5.41) is 7.69. The second kappa shape index (κ2) is 14.0. The highest BCUT2D eigenvalue weighted by Gasteiger charge is 2.17. The minimum absolute atomic E-state index is 1.10. The minimum atomic E-state index is 1.10. The van der Waals surface area contributed by atoms with E-state index in [2.05, 4.69) is 229 Å². The molecule has 0 unspecified atom stereocenters. The first-order valence-corrected chi connectivity index (χ1v) is 18.9. The molecule has 0 fully saturated rings. The number of rotatable bonds is 7. The molecule has 10 aromatic rings. The molecule has 0 aliphatic heterocycles. The molecule has 0 N–H and O–H groups in total. The predicted octanol–water partition coefficient (Wildman–Crippen LogP) is 15.3. The Morgan fingerprint density at radius 2 is 0.691 bits per heavy atom. The summed E-state index contributed by atoms with van der Waals surface area (Å²) in [6.07, 6.45) is 0. The van der Waals surface area contributed by atoms with Crippen LogP contribution in [0.1, 0.15) is 0 Å². The van der Waals surface area contributed by atoms with Gasteiger partial charge in [-0.15, -0.1) is 0 Å². The van der Waals surface area contributed by atoms with E-state index in [0.29, 0.717) is 0 Å². The first-order valence-electron chi connectivity index (χ1n) is 18.9. The maximum absolute atomic E-state index is 2.37. The quantitative estimate of drug-likeness (QED) is 0.150. The van der Waals surface area contributed by atoms with Crippen molar-refractivity contribution in [3.05, 3.63) is 224 Å². The molecule has 0 aliphatic rings. The average molecular weight is 700 g/mol. The van der Waals surface area contributed by atoms with Crippen molar-refractivity contribution in [3.63, 3.8) is 0 Å². The number of anilines is 3. The van der Waals surface area contributed by atoms with Crippen molar-refractivity contribution in [1.82, 2.24) is 0 Å². The van der Waals surface area contributed by atoms with Crippen LogP contribution in [-0.4, -0.2) is 0 Å². The number of benzene rings is 10. The molecule has 0 saturated carbocycles. The van der Waals surface area contributed by atoms with Crippen LogP contribution in [-0.2, 0) is 0 Å². The average Bonchev–Trinajstić information content (AvgIpc) is 3.27. The van der Waals surface area contributed by atoms with E-state index in [1.54, 1.807) is 0 Å². The van der Waals surface area contributed by atoms with Crippen LogP contribution >= 0.6 is 0 Å². The van der Waals surface area contributed by atoms with E-state index in [-0.39, 0.29) is 0 Å². The zero-order valence-corrected chi connectivity index (χ0v) is 30.3. The lowest BCUT2D eigenvalue weighted by Gasteiger charge is -2.27. The van der Waals surface area contributed by atoms with E-state index < -0.39 is 0 Å². The third-order valence-corrected chi connectivity index (χ3v) is 10.8. The van der Waals surface area contributed by atoms with Gasteiger partial charge in [0, 0.05) is 17.1 Å². The van der Waals surface area contributed by atoms with Gasteiger partial charge in [0.15, 0.2) is 0 Å². The minimum Gasteiger partial charge on any atom is -0.310 e. The van der Waals surface area contributed by atoms with E-state index in [0.717, 1.165) is 17.1 Å². The Balaban J connectivity index is 1.08. The van der Waals surface area contributed by atoms with Crippen LogP contribution in [0.25, 0.3) is 76.8 Å². The van der Waals surface area contributed by atoms with Gasteiger partial charge in [-0.1, -0.05) is 182 Å². The summed E-state index contributed by atoms with van der Waals surface area (Å²) in [6.45, 7) is 0. The Hall–Kier alpha value is -7.22. The van der Waals surface area contributed by atoms with Gasteiger partial charge < -0.3 is 4.90 Å². The molecule has 1 heteroatoms. The molecule has 0 bridgehead atoms. The fourth-order valence-electron chi connectivity index (χ4n) is 8.10. The summed E-state index contributed by atoms with van der Waals surface area (Å²) in [6, 6.07) is 81.4. The molecule has 0 heterocycles.